The number of fused-ring (bicyclic) bond motifs is 1. The number of rotatable bonds is 6. The number of aliphatic hydroxyl groups excluding tert-OH is 1. The highest BCUT2D eigenvalue weighted by molar-refractivity contribution is 5.86. The van der Waals surface area contributed by atoms with Gasteiger partial charge in [0.25, 0.3) is 0 Å². The molecule has 0 aliphatic rings. The summed E-state index contributed by atoms with van der Waals surface area (Å²) in [5.41, 5.74) is 5.88. The van der Waals surface area contributed by atoms with Crippen LogP contribution in [0, 0.1) is 5.82 Å². The molecule has 1 atom stereocenters. The number of hydrogen-bond donors (Lipinski definition) is 3. The molecule has 0 fully saturated rings. The van der Waals surface area contributed by atoms with Crippen molar-refractivity contribution in [2.75, 3.05) is 17.7 Å². The number of nitrogens with two attached hydrogens (primary N) is 1. The summed E-state index contributed by atoms with van der Waals surface area (Å²) in [7, 11) is 0. The van der Waals surface area contributed by atoms with Crippen molar-refractivity contribution < 1.29 is 9.50 Å². The van der Waals surface area contributed by atoms with E-state index in [1.54, 1.807) is 0 Å². The van der Waals surface area contributed by atoms with Gasteiger partial charge in [0.05, 0.1) is 23.9 Å². The van der Waals surface area contributed by atoms with Gasteiger partial charge in [-0.15, -0.1) is 0 Å². The first-order valence-electron chi connectivity index (χ1n) is 7.95. The molecule has 128 valence electrons. The van der Waals surface area contributed by atoms with E-state index in [1.165, 1.54) is 6.07 Å². The normalized spacial score (nSPS) is 13.1. The summed E-state index contributed by atoms with van der Waals surface area (Å²) in [5.74, 6) is -0.0409. The van der Waals surface area contributed by atoms with Gasteiger partial charge in [0, 0.05) is 6.07 Å². The van der Waals surface area contributed by atoms with Crippen LogP contribution in [0.1, 0.15) is 47.0 Å². The van der Waals surface area contributed by atoms with Crippen LogP contribution in [0.25, 0.3) is 11.0 Å². The Hall–Kier alpha value is -2.02. The number of aromatic nitrogens is 3. The van der Waals surface area contributed by atoms with Crippen LogP contribution in [-0.2, 0) is 0 Å². The Kier molecular flexibility index (Phi) is 7.09. The van der Waals surface area contributed by atoms with E-state index >= 15 is 0 Å². The lowest BCUT2D eigenvalue weighted by atomic mass is 9.96. The highest BCUT2D eigenvalue weighted by Gasteiger charge is 2.24. The predicted octanol–water partition coefficient (Wildman–Crippen LogP) is 3.13. The van der Waals surface area contributed by atoms with Crippen LogP contribution >= 0.6 is 0 Å². The molecule has 2 heterocycles. The number of halogens is 1. The van der Waals surface area contributed by atoms with E-state index in [-0.39, 0.29) is 12.6 Å². The van der Waals surface area contributed by atoms with Crippen LogP contribution in [-0.4, -0.2) is 32.2 Å². The highest BCUT2D eigenvalue weighted by atomic mass is 19.1. The third-order valence-corrected chi connectivity index (χ3v) is 3.37. The fourth-order valence-corrected chi connectivity index (χ4v) is 2.13. The summed E-state index contributed by atoms with van der Waals surface area (Å²) in [6.07, 6.45) is 3.86. The average Bonchev–Trinajstić information content (AvgIpc) is 2.54. The van der Waals surface area contributed by atoms with E-state index in [0.29, 0.717) is 16.9 Å². The molecule has 6 nitrogen and oxygen atoms in total. The maximum Gasteiger partial charge on any atom is 0.222 e. The Morgan fingerprint density at radius 2 is 2.04 bits per heavy atom. The van der Waals surface area contributed by atoms with Crippen molar-refractivity contribution in [3.8, 4) is 0 Å². The molecule has 4 N–H and O–H groups in total. The standard InChI is InChI=1S/C14H20FN5O.C2H6/c1-3-4-5-14(2,8-21)20-12-11-10(18-13(16)19-12)6-9(15)7-17-11;1-2/h6-7,21H,3-5,8H2,1-2H3,(H3,16,18,19,20);1-2H3. The molecule has 0 aliphatic heterocycles. The van der Waals surface area contributed by atoms with Gasteiger partial charge >= 0.3 is 0 Å². The number of nitrogen functional groups attached to an aromatic ring is 1. The molecule has 0 saturated heterocycles. The third kappa shape index (κ3) is 4.99. The number of anilines is 2. The first-order chi connectivity index (χ1) is 11.0. The molecule has 23 heavy (non-hydrogen) atoms. The molecule has 2 aromatic heterocycles. The first-order valence-corrected chi connectivity index (χ1v) is 7.95. The zero-order valence-electron chi connectivity index (χ0n) is 14.2. The molecule has 0 amide bonds. The maximum atomic E-state index is 13.2. The van der Waals surface area contributed by atoms with Crippen LogP contribution < -0.4 is 11.1 Å². The summed E-state index contributed by atoms with van der Waals surface area (Å²) < 4.78 is 13.2. The molecule has 0 aromatic carbocycles. The van der Waals surface area contributed by atoms with Crippen LogP contribution in [0.2, 0.25) is 0 Å². The molecule has 1 unspecified atom stereocenters. The highest BCUT2D eigenvalue weighted by Crippen LogP contribution is 2.25. The summed E-state index contributed by atoms with van der Waals surface area (Å²) in [4.78, 5) is 12.1. The van der Waals surface area contributed by atoms with Gasteiger partial charge in [-0.2, -0.15) is 4.98 Å². The first kappa shape index (κ1) is 19.0. The lowest BCUT2D eigenvalue weighted by molar-refractivity contribution is 0.212. The van der Waals surface area contributed by atoms with Gasteiger partial charge in [-0.1, -0.05) is 33.6 Å². The zero-order chi connectivity index (χ0) is 17.5. The van der Waals surface area contributed by atoms with Crippen molar-refractivity contribution in [3.05, 3.63) is 18.1 Å². The van der Waals surface area contributed by atoms with Gasteiger partial charge < -0.3 is 16.2 Å². The molecule has 0 bridgehead atoms. The number of nitrogens with zero attached hydrogens (tertiary/aromatic N) is 3. The van der Waals surface area contributed by atoms with Gasteiger partial charge in [-0.3, -0.25) is 0 Å². The van der Waals surface area contributed by atoms with Crippen molar-refractivity contribution in [1.82, 2.24) is 15.0 Å². The quantitative estimate of drug-likeness (QED) is 0.755. The summed E-state index contributed by atoms with van der Waals surface area (Å²) in [6.45, 7) is 7.93. The minimum Gasteiger partial charge on any atom is -0.394 e. The molecule has 7 heteroatoms. The summed E-state index contributed by atoms with van der Waals surface area (Å²) >= 11 is 0. The van der Waals surface area contributed by atoms with Crippen molar-refractivity contribution in [2.45, 2.75) is 52.5 Å². The maximum absolute atomic E-state index is 13.2. The molecule has 0 aliphatic carbocycles. The molecule has 0 saturated carbocycles. The van der Waals surface area contributed by atoms with Crippen molar-refractivity contribution >= 4 is 22.8 Å². The predicted molar refractivity (Wildman–Crippen MR) is 91.7 cm³/mol. The smallest absolute Gasteiger partial charge is 0.222 e. The van der Waals surface area contributed by atoms with Gasteiger partial charge in [0.2, 0.25) is 5.95 Å². The molecule has 2 aromatic rings. The van der Waals surface area contributed by atoms with Gasteiger partial charge in [0.15, 0.2) is 5.82 Å². The second kappa shape index (κ2) is 8.57. The second-order valence-electron chi connectivity index (χ2n) is 5.40. The van der Waals surface area contributed by atoms with Crippen LogP contribution in [0.5, 0.6) is 0 Å². The molecule has 0 radical (unpaired) electrons. The van der Waals surface area contributed by atoms with Gasteiger partial charge in [-0.05, 0) is 13.3 Å². The van der Waals surface area contributed by atoms with Crippen molar-refractivity contribution in [2.24, 2.45) is 0 Å². The molecular formula is C16H26FN5O. The van der Waals surface area contributed by atoms with Crippen molar-refractivity contribution in [1.29, 1.82) is 0 Å². The lowest BCUT2D eigenvalue weighted by Gasteiger charge is -2.29. The van der Waals surface area contributed by atoms with E-state index in [0.717, 1.165) is 25.5 Å². The average molecular weight is 323 g/mol. The van der Waals surface area contributed by atoms with Crippen molar-refractivity contribution in [3.63, 3.8) is 0 Å². The molecular weight excluding hydrogens is 297 g/mol. The fourth-order valence-electron chi connectivity index (χ4n) is 2.13. The number of unbranched alkanes of at least 4 members (excludes halogenated alkanes) is 1. The number of aliphatic hydroxyl groups is 1. The van der Waals surface area contributed by atoms with Gasteiger partial charge in [-0.25, -0.2) is 14.4 Å². The lowest BCUT2D eigenvalue weighted by Crippen LogP contribution is -2.39. The Balaban J connectivity index is 0.00000127. The van der Waals surface area contributed by atoms with Crippen LogP contribution in [0.15, 0.2) is 12.3 Å². The van der Waals surface area contributed by atoms with E-state index in [1.807, 2.05) is 20.8 Å². The van der Waals surface area contributed by atoms with E-state index in [4.69, 9.17) is 5.73 Å². The Morgan fingerprint density at radius 1 is 1.35 bits per heavy atom. The number of pyridine rings is 1. The monoisotopic (exact) mass is 323 g/mol. The minimum atomic E-state index is -0.542. The van der Waals surface area contributed by atoms with E-state index in [9.17, 15) is 9.50 Å². The zero-order valence-corrected chi connectivity index (χ0v) is 14.2. The molecule has 0 spiro atoms. The second-order valence-corrected chi connectivity index (χ2v) is 5.40. The fraction of sp³-hybridized carbons (Fsp3) is 0.562. The minimum absolute atomic E-state index is 0.0354. The van der Waals surface area contributed by atoms with Gasteiger partial charge in [0.1, 0.15) is 11.3 Å². The van der Waals surface area contributed by atoms with E-state index in [2.05, 4.69) is 27.2 Å². The summed E-state index contributed by atoms with van der Waals surface area (Å²) in [6, 6.07) is 1.26. The SMILES string of the molecule is CC.CCCCC(C)(CO)Nc1nc(N)nc2cc(F)cnc12. The topological polar surface area (TPSA) is 97.0 Å². The largest absolute Gasteiger partial charge is 0.394 e. The Labute approximate surface area is 136 Å². The van der Waals surface area contributed by atoms with Crippen LogP contribution in [0.3, 0.4) is 0 Å². The molecule has 2 rings (SSSR count). The number of hydrogen-bond acceptors (Lipinski definition) is 6. The summed E-state index contributed by atoms with van der Waals surface area (Å²) in [5, 5.41) is 12.8. The number of nitrogens with one attached hydrogen (secondary N) is 1. The van der Waals surface area contributed by atoms with Crippen LogP contribution in [0.4, 0.5) is 16.2 Å². The van der Waals surface area contributed by atoms with E-state index < -0.39 is 11.4 Å². The third-order valence-electron chi connectivity index (χ3n) is 3.37. The Bertz CT molecular complexity index is 632. The Morgan fingerprint density at radius 3 is 2.65 bits per heavy atom.